The number of nitrogens with one attached hydrogen (secondary N) is 1. The predicted octanol–water partition coefficient (Wildman–Crippen LogP) is 4.15. The summed E-state index contributed by atoms with van der Waals surface area (Å²) in [6.07, 6.45) is 4.12. The van der Waals surface area contributed by atoms with Gasteiger partial charge >= 0.3 is 0 Å². The molecule has 0 bridgehead atoms. The molecule has 0 spiro atoms. The molecular formula is C19H15N3OS. The van der Waals surface area contributed by atoms with Crippen molar-refractivity contribution >= 4 is 40.0 Å². The van der Waals surface area contributed by atoms with E-state index in [4.69, 9.17) is 0 Å². The molecule has 1 aromatic heterocycles. The van der Waals surface area contributed by atoms with Crippen LogP contribution >= 0.6 is 11.8 Å². The first-order chi connectivity index (χ1) is 11.8. The van der Waals surface area contributed by atoms with Crippen LogP contribution in [0.3, 0.4) is 0 Å². The second-order valence-electron chi connectivity index (χ2n) is 6.18. The Kier molecular flexibility index (Phi) is 3.10. The number of ketones is 1. The van der Waals surface area contributed by atoms with Crippen LogP contribution in [0.15, 0.2) is 41.6 Å². The maximum absolute atomic E-state index is 11.8. The molecule has 2 aliphatic rings. The number of rotatable bonds is 2. The topological polar surface area (TPSA) is 54.9 Å². The average Bonchev–Trinajstić information content (AvgIpc) is 3.22. The fourth-order valence-electron chi connectivity index (χ4n) is 3.61. The zero-order valence-electron chi connectivity index (χ0n) is 13.0. The van der Waals surface area contributed by atoms with E-state index in [2.05, 4.69) is 33.5 Å². The van der Waals surface area contributed by atoms with Crippen molar-refractivity contribution in [2.24, 2.45) is 0 Å². The van der Waals surface area contributed by atoms with Gasteiger partial charge in [-0.3, -0.25) is 4.79 Å². The van der Waals surface area contributed by atoms with Gasteiger partial charge in [0, 0.05) is 33.7 Å². The first-order valence-electron chi connectivity index (χ1n) is 8.12. The number of Topliss-reactive ketones (excluding diaryl/α,β-unsaturated/α-hetero) is 1. The van der Waals surface area contributed by atoms with Crippen LogP contribution in [-0.4, -0.2) is 21.5 Å². The van der Waals surface area contributed by atoms with Crippen LogP contribution in [0.25, 0.3) is 10.9 Å². The number of aromatic nitrogens is 2. The summed E-state index contributed by atoms with van der Waals surface area (Å²) in [6.45, 7) is 0. The van der Waals surface area contributed by atoms with Gasteiger partial charge in [-0.1, -0.05) is 0 Å². The van der Waals surface area contributed by atoms with E-state index in [1.54, 1.807) is 6.33 Å². The normalized spacial score (nSPS) is 15.6. The highest BCUT2D eigenvalue weighted by atomic mass is 32.2. The van der Waals surface area contributed by atoms with Crippen LogP contribution in [0, 0.1) is 0 Å². The number of hydrogen-bond acceptors (Lipinski definition) is 5. The number of thioether (sulfide) groups is 1. The largest absolute Gasteiger partial charge is 0.340 e. The zero-order chi connectivity index (χ0) is 16.1. The van der Waals surface area contributed by atoms with Gasteiger partial charge in [0.05, 0.1) is 5.52 Å². The first kappa shape index (κ1) is 14.0. The fourth-order valence-corrected chi connectivity index (χ4v) is 4.68. The minimum absolute atomic E-state index is 0.249. The van der Waals surface area contributed by atoms with Gasteiger partial charge in [-0.25, -0.2) is 9.97 Å². The number of benzene rings is 2. The van der Waals surface area contributed by atoms with Crippen molar-refractivity contribution in [3.05, 3.63) is 53.3 Å². The lowest BCUT2D eigenvalue weighted by molar-refractivity contribution is 0.0994. The number of aryl methyl sites for hydroxylation is 2. The molecule has 0 unspecified atom stereocenters. The molecule has 1 aliphatic heterocycles. The van der Waals surface area contributed by atoms with E-state index in [0.29, 0.717) is 6.42 Å². The van der Waals surface area contributed by atoms with Gasteiger partial charge in [-0.2, -0.15) is 0 Å². The molecule has 5 heteroatoms. The molecular weight excluding hydrogens is 318 g/mol. The molecule has 2 aromatic carbocycles. The average molecular weight is 333 g/mol. The summed E-state index contributed by atoms with van der Waals surface area (Å²) in [4.78, 5) is 22.0. The lowest BCUT2D eigenvalue weighted by atomic mass is 10.1. The summed E-state index contributed by atoms with van der Waals surface area (Å²) < 4.78 is 0. The third-order valence-electron chi connectivity index (χ3n) is 4.77. The summed E-state index contributed by atoms with van der Waals surface area (Å²) in [5.74, 6) is 2.21. The highest BCUT2D eigenvalue weighted by Gasteiger charge is 2.21. The zero-order valence-corrected chi connectivity index (χ0v) is 13.8. The minimum Gasteiger partial charge on any atom is -0.340 e. The monoisotopic (exact) mass is 333 g/mol. The van der Waals surface area contributed by atoms with E-state index >= 15 is 0 Å². The molecule has 0 atom stereocenters. The second kappa shape index (κ2) is 5.31. The molecule has 1 N–H and O–H groups in total. The summed E-state index contributed by atoms with van der Waals surface area (Å²) in [5, 5.41) is 4.57. The van der Waals surface area contributed by atoms with Gasteiger partial charge < -0.3 is 5.32 Å². The van der Waals surface area contributed by atoms with E-state index in [1.165, 1.54) is 10.5 Å². The van der Waals surface area contributed by atoms with Crippen LogP contribution < -0.4 is 5.32 Å². The Morgan fingerprint density at radius 3 is 2.96 bits per heavy atom. The molecule has 24 heavy (non-hydrogen) atoms. The van der Waals surface area contributed by atoms with E-state index in [-0.39, 0.29) is 5.78 Å². The van der Waals surface area contributed by atoms with Gasteiger partial charge in [-0.15, -0.1) is 11.8 Å². The van der Waals surface area contributed by atoms with Gasteiger partial charge in [0.15, 0.2) is 5.78 Å². The molecule has 0 radical (unpaired) electrons. The summed E-state index contributed by atoms with van der Waals surface area (Å²) >= 11 is 1.89. The Labute approximate surface area is 143 Å². The minimum atomic E-state index is 0.249. The summed E-state index contributed by atoms with van der Waals surface area (Å²) in [5.41, 5.74) is 5.29. The van der Waals surface area contributed by atoms with Crippen LogP contribution in [-0.2, 0) is 12.8 Å². The second-order valence-corrected chi connectivity index (χ2v) is 7.31. The Morgan fingerprint density at radius 2 is 2.00 bits per heavy atom. The van der Waals surface area contributed by atoms with Gasteiger partial charge in [-0.05, 0) is 54.3 Å². The number of nitrogens with zero attached hydrogens (tertiary/aromatic N) is 2. The lowest BCUT2D eigenvalue weighted by Crippen LogP contribution is -1.99. The standard InChI is InChI=1S/C19H15N3OS/c23-16-5-1-11-9-12(2-3-13(11)16)22-19-18-14-7-8-24-17(14)6-4-15(18)20-10-21-19/h2-4,6,9-10H,1,5,7-8H2,(H,20,21,22). The highest BCUT2D eigenvalue weighted by Crippen LogP contribution is 2.38. The Balaban J connectivity index is 1.61. The molecule has 2 heterocycles. The molecule has 3 aromatic rings. The van der Waals surface area contributed by atoms with E-state index in [9.17, 15) is 4.79 Å². The van der Waals surface area contributed by atoms with E-state index < -0.39 is 0 Å². The Bertz CT molecular complexity index is 999. The van der Waals surface area contributed by atoms with Crippen molar-refractivity contribution in [3.8, 4) is 0 Å². The third-order valence-corrected chi connectivity index (χ3v) is 5.87. The number of anilines is 2. The number of hydrogen-bond donors (Lipinski definition) is 1. The molecule has 1 aliphatic carbocycles. The van der Waals surface area contributed by atoms with Gasteiger partial charge in [0.2, 0.25) is 0 Å². The van der Waals surface area contributed by atoms with Crippen molar-refractivity contribution in [3.63, 3.8) is 0 Å². The summed E-state index contributed by atoms with van der Waals surface area (Å²) in [6, 6.07) is 10.2. The molecule has 0 saturated heterocycles. The SMILES string of the molecule is O=C1CCc2cc(Nc3ncnc4ccc5c(c34)CCS5)ccc21. The maximum Gasteiger partial charge on any atom is 0.163 e. The quantitative estimate of drug-likeness (QED) is 0.763. The molecule has 5 rings (SSSR count). The Hall–Kier alpha value is -2.40. The van der Waals surface area contributed by atoms with Crippen LogP contribution in [0.4, 0.5) is 11.5 Å². The molecule has 0 amide bonds. The van der Waals surface area contributed by atoms with Crippen molar-refractivity contribution in [2.45, 2.75) is 24.2 Å². The van der Waals surface area contributed by atoms with Gasteiger partial charge in [0.1, 0.15) is 12.1 Å². The predicted molar refractivity (Wildman–Crippen MR) is 96.3 cm³/mol. The van der Waals surface area contributed by atoms with Crippen molar-refractivity contribution in [1.82, 2.24) is 9.97 Å². The smallest absolute Gasteiger partial charge is 0.163 e. The first-order valence-corrected chi connectivity index (χ1v) is 9.11. The lowest BCUT2D eigenvalue weighted by Gasteiger charge is -2.12. The van der Waals surface area contributed by atoms with Crippen LogP contribution in [0.1, 0.15) is 27.9 Å². The maximum atomic E-state index is 11.8. The molecule has 0 saturated carbocycles. The number of carbonyl (C=O) groups is 1. The van der Waals surface area contributed by atoms with E-state index in [0.717, 1.165) is 52.1 Å². The molecule has 4 nitrogen and oxygen atoms in total. The highest BCUT2D eigenvalue weighted by molar-refractivity contribution is 7.99. The summed E-state index contributed by atoms with van der Waals surface area (Å²) in [7, 11) is 0. The van der Waals surface area contributed by atoms with Crippen molar-refractivity contribution < 1.29 is 4.79 Å². The van der Waals surface area contributed by atoms with Crippen LogP contribution in [0.2, 0.25) is 0 Å². The third kappa shape index (κ3) is 2.12. The fraction of sp³-hybridized carbons (Fsp3) is 0.211. The number of carbonyl (C=O) groups excluding carboxylic acids is 1. The van der Waals surface area contributed by atoms with E-state index in [1.807, 2.05) is 23.9 Å². The van der Waals surface area contributed by atoms with Gasteiger partial charge in [0.25, 0.3) is 0 Å². The van der Waals surface area contributed by atoms with Crippen molar-refractivity contribution in [2.75, 3.05) is 11.1 Å². The van der Waals surface area contributed by atoms with Crippen molar-refractivity contribution in [1.29, 1.82) is 0 Å². The molecule has 118 valence electrons. The number of fused-ring (bicyclic) bond motifs is 4. The Morgan fingerprint density at radius 1 is 1.04 bits per heavy atom. The van der Waals surface area contributed by atoms with Crippen LogP contribution in [0.5, 0.6) is 0 Å². The molecule has 0 fully saturated rings.